The zero-order valence-corrected chi connectivity index (χ0v) is 11.7. The molecule has 3 aromatic rings. The van der Waals surface area contributed by atoms with Crippen LogP contribution in [0.1, 0.15) is 11.6 Å². The van der Waals surface area contributed by atoms with Crippen LogP contribution >= 0.6 is 0 Å². The van der Waals surface area contributed by atoms with Gasteiger partial charge in [-0.15, -0.1) is 0 Å². The number of aromatic amines is 1. The van der Waals surface area contributed by atoms with Gasteiger partial charge in [0, 0.05) is 37.5 Å². The molecule has 3 aromatic heterocycles. The zero-order chi connectivity index (χ0) is 15.1. The summed E-state index contributed by atoms with van der Waals surface area (Å²) in [7, 11) is 0. The van der Waals surface area contributed by atoms with Crippen LogP contribution in [0.3, 0.4) is 0 Å². The predicted molar refractivity (Wildman–Crippen MR) is 83.8 cm³/mol. The molecule has 7 nitrogen and oxygen atoms in total. The molecule has 0 saturated carbocycles. The molecule has 7 heteroatoms. The smallest absolute Gasteiger partial charge is 0.250 e. The number of aromatic nitrogens is 4. The summed E-state index contributed by atoms with van der Waals surface area (Å²) in [5.74, 6) is 0.586. The first-order valence-corrected chi connectivity index (χ1v) is 7.02. The van der Waals surface area contributed by atoms with E-state index in [1.54, 1.807) is 18.5 Å². The Morgan fingerprint density at radius 1 is 1.23 bits per heavy atom. The number of nitrogens with zero attached hydrogens (tertiary/aromatic N) is 4. The second-order valence-corrected chi connectivity index (χ2v) is 5.36. The minimum absolute atomic E-state index is 0.120. The molecule has 0 radical (unpaired) electrons. The van der Waals surface area contributed by atoms with Crippen molar-refractivity contribution in [1.29, 1.82) is 0 Å². The Morgan fingerprint density at radius 2 is 2.09 bits per heavy atom. The van der Waals surface area contributed by atoms with Crippen LogP contribution in [0.25, 0.3) is 11.0 Å². The largest absolute Gasteiger partial charge is 0.368 e. The summed E-state index contributed by atoms with van der Waals surface area (Å²) >= 11 is 0. The second-order valence-electron chi connectivity index (χ2n) is 5.36. The van der Waals surface area contributed by atoms with Crippen molar-refractivity contribution in [1.82, 2.24) is 19.9 Å². The summed E-state index contributed by atoms with van der Waals surface area (Å²) in [5, 5.41) is 0. The van der Waals surface area contributed by atoms with Gasteiger partial charge in [-0.1, -0.05) is 0 Å². The topological polar surface area (TPSA) is 101 Å². The van der Waals surface area contributed by atoms with Crippen molar-refractivity contribution in [2.75, 3.05) is 23.7 Å². The van der Waals surface area contributed by atoms with Crippen LogP contribution < -0.4 is 16.2 Å². The average molecular weight is 294 g/mol. The highest BCUT2D eigenvalue weighted by molar-refractivity contribution is 5.88. The van der Waals surface area contributed by atoms with Gasteiger partial charge in [-0.2, -0.15) is 0 Å². The molecule has 0 atom stereocenters. The van der Waals surface area contributed by atoms with E-state index in [-0.39, 0.29) is 5.56 Å². The van der Waals surface area contributed by atoms with E-state index in [9.17, 15) is 4.79 Å². The molecule has 0 spiro atoms. The van der Waals surface area contributed by atoms with Crippen LogP contribution in [0.5, 0.6) is 0 Å². The number of fused-ring (bicyclic) bond motifs is 1. The van der Waals surface area contributed by atoms with E-state index in [4.69, 9.17) is 5.73 Å². The SMILES string of the molecule is Nc1nccc(C2CN(c3cc(=O)[nH]c4cccnc34)C2)n1. The number of hydrogen-bond donors (Lipinski definition) is 2. The Hall–Kier alpha value is -2.96. The third kappa shape index (κ3) is 2.07. The van der Waals surface area contributed by atoms with Crippen molar-refractivity contribution < 1.29 is 0 Å². The van der Waals surface area contributed by atoms with Crippen molar-refractivity contribution in [2.24, 2.45) is 0 Å². The lowest BCUT2D eigenvalue weighted by Crippen LogP contribution is -2.46. The summed E-state index contributed by atoms with van der Waals surface area (Å²) in [6, 6.07) is 7.15. The lowest BCUT2D eigenvalue weighted by atomic mass is 9.95. The molecule has 110 valence electrons. The molecule has 1 aliphatic heterocycles. The van der Waals surface area contributed by atoms with Crippen molar-refractivity contribution >= 4 is 22.7 Å². The van der Waals surface area contributed by atoms with Crippen LogP contribution in [-0.4, -0.2) is 33.0 Å². The van der Waals surface area contributed by atoms with Crippen molar-refractivity contribution in [3.63, 3.8) is 0 Å². The van der Waals surface area contributed by atoms with Crippen LogP contribution in [0, 0.1) is 0 Å². The highest BCUT2D eigenvalue weighted by atomic mass is 16.1. The standard InChI is InChI=1S/C15H14N6O/c16-15-18-5-3-10(20-15)9-7-21(8-9)12-6-13(22)19-11-2-1-4-17-14(11)12/h1-6,9H,7-8H2,(H,19,22)(H2,16,18,20). The van der Waals surface area contributed by atoms with E-state index >= 15 is 0 Å². The molecule has 0 bridgehead atoms. The molecule has 3 N–H and O–H groups in total. The normalized spacial score (nSPS) is 15.0. The van der Waals surface area contributed by atoms with E-state index in [0.717, 1.165) is 35.5 Å². The third-order valence-electron chi connectivity index (χ3n) is 3.91. The van der Waals surface area contributed by atoms with Crippen LogP contribution in [-0.2, 0) is 0 Å². The number of nitrogens with one attached hydrogen (secondary N) is 1. The molecule has 0 amide bonds. The van der Waals surface area contributed by atoms with Crippen LogP contribution in [0.15, 0.2) is 41.5 Å². The van der Waals surface area contributed by atoms with Gasteiger partial charge in [0.05, 0.1) is 16.9 Å². The van der Waals surface area contributed by atoms with E-state index in [1.165, 1.54) is 0 Å². The Morgan fingerprint density at radius 3 is 2.91 bits per heavy atom. The number of nitrogens with two attached hydrogens (primary N) is 1. The first-order chi connectivity index (χ1) is 10.7. The molecule has 1 aliphatic rings. The minimum Gasteiger partial charge on any atom is -0.368 e. The molecular weight excluding hydrogens is 280 g/mol. The molecule has 1 saturated heterocycles. The quantitative estimate of drug-likeness (QED) is 0.728. The maximum Gasteiger partial charge on any atom is 0.250 e. The fourth-order valence-corrected chi connectivity index (χ4v) is 2.79. The predicted octanol–water partition coefficient (Wildman–Crippen LogP) is 0.899. The van der Waals surface area contributed by atoms with Gasteiger partial charge < -0.3 is 15.6 Å². The summed E-state index contributed by atoms with van der Waals surface area (Å²) < 4.78 is 0. The second kappa shape index (κ2) is 4.80. The van der Waals surface area contributed by atoms with Gasteiger partial charge in [-0.25, -0.2) is 9.97 Å². The number of hydrogen-bond acceptors (Lipinski definition) is 6. The summed E-state index contributed by atoms with van der Waals surface area (Å²) in [6.07, 6.45) is 3.40. The molecule has 4 rings (SSSR count). The van der Waals surface area contributed by atoms with Gasteiger partial charge in [-0.05, 0) is 18.2 Å². The van der Waals surface area contributed by atoms with Crippen molar-refractivity contribution in [3.05, 3.63) is 52.7 Å². The highest BCUT2D eigenvalue weighted by Gasteiger charge is 2.31. The molecule has 0 aromatic carbocycles. The van der Waals surface area contributed by atoms with E-state index < -0.39 is 0 Å². The van der Waals surface area contributed by atoms with Gasteiger partial charge in [0.1, 0.15) is 5.52 Å². The third-order valence-corrected chi connectivity index (χ3v) is 3.91. The average Bonchev–Trinajstić information content (AvgIpc) is 2.45. The molecule has 4 heterocycles. The molecule has 0 unspecified atom stereocenters. The number of pyridine rings is 2. The minimum atomic E-state index is -0.120. The van der Waals surface area contributed by atoms with Gasteiger partial charge in [0.15, 0.2) is 0 Å². The first kappa shape index (κ1) is 12.8. The monoisotopic (exact) mass is 294 g/mol. The van der Waals surface area contributed by atoms with E-state index in [1.807, 2.05) is 18.2 Å². The van der Waals surface area contributed by atoms with Gasteiger partial charge >= 0.3 is 0 Å². The summed E-state index contributed by atoms with van der Waals surface area (Å²) in [5.41, 5.74) is 8.86. The van der Waals surface area contributed by atoms with Gasteiger partial charge in [0.25, 0.3) is 5.56 Å². The molecule has 1 fully saturated rings. The fraction of sp³-hybridized carbons (Fsp3) is 0.200. The number of anilines is 2. The molecule has 22 heavy (non-hydrogen) atoms. The number of nitrogen functional groups attached to an aromatic ring is 1. The van der Waals surface area contributed by atoms with E-state index in [0.29, 0.717) is 11.9 Å². The van der Waals surface area contributed by atoms with Crippen molar-refractivity contribution in [3.8, 4) is 0 Å². The van der Waals surface area contributed by atoms with Crippen LogP contribution in [0.2, 0.25) is 0 Å². The van der Waals surface area contributed by atoms with Gasteiger partial charge in [0.2, 0.25) is 5.95 Å². The Balaban J connectivity index is 1.64. The first-order valence-electron chi connectivity index (χ1n) is 7.02. The Bertz CT molecular complexity index is 900. The summed E-state index contributed by atoms with van der Waals surface area (Å²) in [6.45, 7) is 1.57. The molecular formula is C15H14N6O. The van der Waals surface area contributed by atoms with Crippen molar-refractivity contribution in [2.45, 2.75) is 5.92 Å². The zero-order valence-electron chi connectivity index (χ0n) is 11.7. The lowest BCUT2D eigenvalue weighted by Gasteiger charge is -2.40. The number of H-pyrrole nitrogens is 1. The maximum absolute atomic E-state index is 11.8. The number of rotatable bonds is 2. The highest BCUT2D eigenvalue weighted by Crippen LogP contribution is 2.32. The Labute approximate surface area is 125 Å². The summed E-state index contributed by atoms with van der Waals surface area (Å²) in [4.78, 5) is 29.3. The van der Waals surface area contributed by atoms with E-state index in [2.05, 4.69) is 24.8 Å². The van der Waals surface area contributed by atoms with Gasteiger partial charge in [-0.3, -0.25) is 9.78 Å². The molecule has 0 aliphatic carbocycles. The fourth-order valence-electron chi connectivity index (χ4n) is 2.79. The lowest BCUT2D eigenvalue weighted by molar-refractivity contribution is 0.514. The Kier molecular flexibility index (Phi) is 2.78. The maximum atomic E-state index is 11.8. The van der Waals surface area contributed by atoms with Crippen LogP contribution in [0.4, 0.5) is 11.6 Å².